The first-order chi connectivity index (χ1) is 6.02. The number of Topliss-reactive ketones (excluding diaryl/α,β-unsaturated/α-hetero) is 1. The number of nitrogens with zero attached hydrogens (tertiary/aromatic N) is 1. The van der Waals surface area contributed by atoms with Crippen LogP contribution in [-0.2, 0) is 9.59 Å². The summed E-state index contributed by atoms with van der Waals surface area (Å²) in [7, 11) is 0. The first kappa shape index (κ1) is 11.8. The largest absolute Gasteiger partial charge is 0.300 e. The number of carbonyl (C=O) groups excluding carboxylic acids is 2. The third-order valence-electron chi connectivity index (χ3n) is 1.50. The number of ketones is 1. The lowest BCUT2D eigenvalue weighted by molar-refractivity contribution is -0.119. The molecule has 0 aliphatic carbocycles. The van der Waals surface area contributed by atoms with Crippen molar-refractivity contribution in [1.29, 1.82) is 0 Å². The molecule has 1 N–H and O–H groups in total. The van der Waals surface area contributed by atoms with E-state index < -0.39 is 0 Å². The molecule has 0 aliphatic rings. The smallest absolute Gasteiger partial charge is 0.236 e. The average Bonchev–Trinajstić information content (AvgIpc) is 2.00. The van der Waals surface area contributed by atoms with Gasteiger partial charge in [0, 0.05) is 19.6 Å². The van der Waals surface area contributed by atoms with Gasteiger partial charge in [-0.25, -0.2) is 5.43 Å². The summed E-state index contributed by atoms with van der Waals surface area (Å²) >= 11 is 0. The molecule has 0 heterocycles. The van der Waals surface area contributed by atoms with Crippen LogP contribution in [0.5, 0.6) is 0 Å². The van der Waals surface area contributed by atoms with Crippen LogP contribution in [0.1, 0.15) is 33.6 Å². The predicted molar refractivity (Wildman–Crippen MR) is 51.4 cm³/mol. The van der Waals surface area contributed by atoms with Crippen LogP contribution < -0.4 is 5.43 Å². The Balaban J connectivity index is 3.60. The molecule has 0 bridgehead atoms. The number of nitrogens with one attached hydrogen (secondary N) is 1. The second-order valence-electron chi connectivity index (χ2n) is 3.16. The fourth-order valence-corrected chi connectivity index (χ4v) is 0.761. The molecule has 0 saturated carbocycles. The van der Waals surface area contributed by atoms with Crippen molar-refractivity contribution in [2.24, 2.45) is 11.0 Å². The van der Waals surface area contributed by atoms with E-state index in [9.17, 15) is 9.59 Å². The minimum Gasteiger partial charge on any atom is -0.300 e. The SMILES string of the molecule is CC(=O)CCC(C)/C=N\NC(C)=O. The molecule has 1 unspecified atom stereocenters. The highest BCUT2D eigenvalue weighted by atomic mass is 16.2. The average molecular weight is 184 g/mol. The summed E-state index contributed by atoms with van der Waals surface area (Å²) in [5.74, 6) is 0.213. The Morgan fingerprint density at radius 2 is 2.08 bits per heavy atom. The number of amides is 1. The molecule has 1 amide bonds. The van der Waals surface area contributed by atoms with Crippen molar-refractivity contribution in [3.63, 3.8) is 0 Å². The van der Waals surface area contributed by atoms with Gasteiger partial charge in [-0.05, 0) is 19.3 Å². The van der Waals surface area contributed by atoms with Crippen LogP contribution in [0.25, 0.3) is 0 Å². The number of hydrogen-bond acceptors (Lipinski definition) is 3. The van der Waals surface area contributed by atoms with Gasteiger partial charge in [0.15, 0.2) is 0 Å². The van der Waals surface area contributed by atoms with Crippen molar-refractivity contribution in [1.82, 2.24) is 5.43 Å². The standard InChI is InChI=1S/C9H16N2O2/c1-7(4-5-8(2)12)6-10-11-9(3)13/h6-7H,4-5H2,1-3H3,(H,11,13)/b10-6-. The van der Waals surface area contributed by atoms with Crippen molar-refractivity contribution < 1.29 is 9.59 Å². The summed E-state index contributed by atoms with van der Waals surface area (Å²) in [6.45, 7) is 4.92. The van der Waals surface area contributed by atoms with Crippen molar-refractivity contribution >= 4 is 17.9 Å². The van der Waals surface area contributed by atoms with Crippen molar-refractivity contribution in [3.05, 3.63) is 0 Å². The van der Waals surface area contributed by atoms with Gasteiger partial charge in [-0.15, -0.1) is 0 Å². The van der Waals surface area contributed by atoms with E-state index in [1.54, 1.807) is 13.1 Å². The van der Waals surface area contributed by atoms with Crippen LogP contribution in [0.15, 0.2) is 5.10 Å². The Morgan fingerprint density at radius 1 is 1.46 bits per heavy atom. The second-order valence-corrected chi connectivity index (χ2v) is 3.16. The van der Waals surface area contributed by atoms with Gasteiger partial charge in [-0.1, -0.05) is 6.92 Å². The van der Waals surface area contributed by atoms with E-state index in [4.69, 9.17) is 0 Å². The molecule has 0 aliphatic heterocycles. The summed E-state index contributed by atoms with van der Waals surface area (Å²) in [6, 6.07) is 0. The van der Waals surface area contributed by atoms with E-state index in [-0.39, 0.29) is 17.6 Å². The molecule has 0 radical (unpaired) electrons. The lowest BCUT2D eigenvalue weighted by Crippen LogP contribution is -2.13. The zero-order chi connectivity index (χ0) is 10.3. The Hall–Kier alpha value is -1.19. The van der Waals surface area contributed by atoms with Crippen LogP contribution in [0.4, 0.5) is 0 Å². The molecule has 13 heavy (non-hydrogen) atoms. The van der Waals surface area contributed by atoms with Gasteiger partial charge in [-0.3, -0.25) is 4.79 Å². The van der Waals surface area contributed by atoms with Crippen LogP contribution in [0.2, 0.25) is 0 Å². The summed E-state index contributed by atoms with van der Waals surface area (Å²) < 4.78 is 0. The van der Waals surface area contributed by atoms with Crippen LogP contribution >= 0.6 is 0 Å². The zero-order valence-corrected chi connectivity index (χ0v) is 8.33. The van der Waals surface area contributed by atoms with Crippen molar-refractivity contribution in [2.75, 3.05) is 0 Å². The Morgan fingerprint density at radius 3 is 2.54 bits per heavy atom. The molecule has 74 valence electrons. The van der Waals surface area contributed by atoms with Crippen LogP contribution in [0, 0.1) is 5.92 Å². The summed E-state index contributed by atoms with van der Waals surface area (Å²) in [5.41, 5.74) is 2.31. The molecule has 0 rings (SSSR count). The lowest BCUT2D eigenvalue weighted by atomic mass is 10.1. The fraction of sp³-hybridized carbons (Fsp3) is 0.667. The highest BCUT2D eigenvalue weighted by molar-refractivity contribution is 5.76. The maximum atomic E-state index is 10.6. The van der Waals surface area contributed by atoms with E-state index in [1.807, 2.05) is 6.92 Å². The predicted octanol–water partition coefficient (Wildman–Crippen LogP) is 1.11. The molecule has 0 saturated heterocycles. The summed E-state index contributed by atoms with van der Waals surface area (Å²) in [4.78, 5) is 21.0. The van der Waals surface area contributed by atoms with Gasteiger partial charge in [0.1, 0.15) is 5.78 Å². The Kier molecular flexibility index (Phi) is 5.76. The molecule has 1 atom stereocenters. The Bertz CT molecular complexity index is 212. The Labute approximate surface area is 78.4 Å². The van der Waals surface area contributed by atoms with Crippen molar-refractivity contribution in [3.8, 4) is 0 Å². The third kappa shape index (κ3) is 8.72. The monoisotopic (exact) mass is 184 g/mol. The topological polar surface area (TPSA) is 58.5 Å². The minimum atomic E-state index is -0.185. The van der Waals surface area contributed by atoms with E-state index in [0.717, 1.165) is 6.42 Å². The first-order valence-electron chi connectivity index (χ1n) is 4.31. The molecule has 4 heteroatoms. The molecule has 4 nitrogen and oxygen atoms in total. The second kappa shape index (κ2) is 6.34. The fourth-order valence-electron chi connectivity index (χ4n) is 0.761. The summed E-state index contributed by atoms with van der Waals surface area (Å²) in [6.07, 6.45) is 2.98. The van der Waals surface area contributed by atoms with Gasteiger partial charge in [0.25, 0.3) is 0 Å². The van der Waals surface area contributed by atoms with Gasteiger partial charge in [0.2, 0.25) is 5.91 Å². The van der Waals surface area contributed by atoms with E-state index in [2.05, 4.69) is 10.5 Å². The zero-order valence-electron chi connectivity index (χ0n) is 8.33. The quantitative estimate of drug-likeness (QED) is 0.514. The van der Waals surface area contributed by atoms with E-state index >= 15 is 0 Å². The number of hydrazone groups is 1. The van der Waals surface area contributed by atoms with E-state index in [0.29, 0.717) is 6.42 Å². The number of rotatable bonds is 5. The minimum absolute atomic E-state index is 0.180. The van der Waals surface area contributed by atoms with Gasteiger partial charge < -0.3 is 4.79 Å². The molecule has 0 fully saturated rings. The van der Waals surface area contributed by atoms with Gasteiger partial charge >= 0.3 is 0 Å². The van der Waals surface area contributed by atoms with Crippen molar-refractivity contribution in [2.45, 2.75) is 33.6 Å². The molecule has 0 aromatic heterocycles. The highest BCUT2D eigenvalue weighted by Crippen LogP contribution is 2.02. The summed E-state index contributed by atoms with van der Waals surface area (Å²) in [5, 5.41) is 3.71. The van der Waals surface area contributed by atoms with Gasteiger partial charge in [0.05, 0.1) is 0 Å². The number of carbonyl (C=O) groups is 2. The lowest BCUT2D eigenvalue weighted by Gasteiger charge is -2.02. The molecular weight excluding hydrogens is 168 g/mol. The maximum absolute atomic E-state index is 10.6. The van der Waals surface area contributed by atoms with Crippen LogP contribution in [0.3, 0.4) is 0 Å². The number of hydrogen-bond donors (Lipinski definition) is 1. The molecular formula is C9H16N2O2. The van der Waals surface area contributed by atoms with E-state index in [1.165, 1.54) is 6.92 Å². The van der Waals surface area contributed by atoms with Crippen LogP contribution in [-0.4, -0.2) is 17.9 Å². The highest BCUT2D eigenvalue weighted by Gasteiger charge is 2.00. The normalized spacial score (nSPS) is 12.8. The third-order valence-corrected chi connectivity index (χ3v) is 1.50. The first-order valence-corrected chi connectivity index (χ1v) is 4.31. The maximum Gasteiger partial charge on any atom is 0.236 e. The van der Waals surface area contributed by atoms with Gasteiger partial charge in [-0.2, -0.15) is 5.10 Å². The molecule has 0 spiro atoms. The molecule has 0 aromatic rings. The molecule has 0 aromatic carbocycles.